The molecule has 1 heterocycles. The predicted octanol–water partition coefficient (Wildman–Crippen LogP) is 6.69. The fourth-order valence-electron chi connectivity index (χ4n) is 4.20. The van der Waals surface area contributed by atoms with Crippen molar-refractivity contribution < 1.29 is 17.6 Å². The van der Waals surface area contributed by atoms with E-state index in [0.29, 0.717) is 23.4 Å². The van der Waals surface area contributed by atoms with Gasteiger partial charge in [0.15, 0.2) is 0 Å². The Hall–Kier alpha value is -3.71. The normalized spacial score (nSPS) is 15.5. The molecule has 0 saturated heterocycles. The summed E-state index contributed by atoms with van der Waals surface area (Å²) in [6, 6.07) is 21.5. The summed E-state index contributed by atoms with van der Waals surface area (Å²) < 4.78 is 54.5. The van der Waals surface area contributed by atoms with Gasteiger partial charge in [-0.3, -0.25) is 10.3 Å². The van der Waals surface area contributed by atoms with E-state index in [1.165, 1.54) is 18.2 Å². The molecule has 3 nitrogen and oxygen atoms in total. The summed E-state index contributed by atoms with van der Waals surface area (Å²) in [5, 5.41) is 6.53. The van der Waals surface area contributed by atoms with E-state index in [4.69, 9.17) is 0 Å². The maximum absolute atomic E-state index is 14.2. The van der Waals surface area contributed by atoms with Crippen molar-refractivity contribution in [3.05, 3.63) is 132 Å². The van der Waals surface area contributed by atoms with Crippen molar-refractivity contribution in [2.75, 3.05) is 12.0 Å². The van der Waals surface area contributed by atoms with Crippen molar-refractivity contribution in [2.45, 2.75) is 24.6 Å². The van der Waals surface area contributed by atoms with Gasteiger partial charge in [-0.1, -0.05) is 72.8 Å². The van der Waals surface area contributed by atoms with Crippen LogP contribution in [-0.4, -0.2) is 17.8 Å². The standard InChI is InChI=1S/C28H25F4N3/c29-24-13-4-5-14-25(24)34-20-35-27(26-15-6-7-18-33-26,19-21-9-2-1-3-10-21)22-11-8-12-23(17-16-22)28(30,31)32/h1-15,17-18,34-35H,16,19-20H2. The second-order valence-corrected chi connectivity index (χ2v) is 8.21. The van der Waals surface area contributed by atoms with E-state index in [1.54, 1.807) is 36.5 Å². The maximum atomic E-state index is 14.2. The molecule has 0 aliphatic heterocycles. The largest absolute Gasteiger partial charge is 0.416 e. The monoisotopic (exact) mass is 479 g/mol. The van der Waals surface area contributed by atoms with E-state index in [0.717, 1.165) is 11.6 Å². The van der Waals surface area contributed by atoms with Crippen LogP contribution in [0.25, 0.3) is 0 Å². The average molecular weight is 480 g/mol. The van der Waals surface area contributed by atoms with Crippen molar-refractivity contribution in [1.82, 2.24) is 10.3 Å². The highest BCUT2D eigenvalue weighted by Gasteiger charge is 2.38. The van der Waals surface area contributed by atoms with Crippen LogP contribution in [0.4, 0.5) is 23.2 Å². The number of allylic oxidation sites excluding steroid dienone is 5. The first-order chi connectivity index (χ1) is 16.9. The van der Waals surface area contributed by atoms with Gasteiger partial charge >= 0.3 is 6.18 Å². The molecule has 0 radical (unpaired) electrons. The topological polar surface area (TPSA) is 37.0 Å². The summed E-state index contributed by atoms with van der Waals surface area (Å²) in [5.41, 5.74) is 1.02. The molecule has 2 N–H and O–H groups in total. The smallest absolute Gasteiger partial charge is 0.370 e. The summed E-state index contributed by atoms with van der Waals surface area (Å²) in [5.74, 6) is -0.393. The molecule has 1 aliphatic rings. The molecule has 2 aromatic carbocycles. The van der Waals surface area contributed by atoms with Gasteiger partial charge in [0.1, 0.15) is 5.82 Å². The zero-order valence-corrected chi connectivity index (χ0v) is 18.9. The molecule has 1 aromatic heterocycles. The molecule has 1 unspecified atom stereocenters. The summed E-state index contributed by atoms with van der Waals surface area (Å²) in [4.78, 5) is 4.59. The second kappa shape index (κ2) is 10.7. The Morgan fingerprint density at radius 2 is 1.63 bits per heavy atom. The number of halogens is 4. The van der Waals surface area contributed by atoms with Crippen LogP contribution < -0.4 is 10.6 Å². The van der Waals surface area contributed by atoms with Crippen molar-refractivity contribution in [3.63, 3.8) is 0 Å². The Bertz CT molecular complexity index is 1220. The lowest BCUT2D eigenvalue weighted by molar-refractivity contribution is -0.0883. The van der Waals surface area contributed by atoms with Crippen molar-refractivity contribution in [2.24, 2.45) is 0 Å². The molecule has 180 valence electrons. The number of nitrogens with one attached hydrogen (secondary N) is 2. The fourth-order valence-corrected chi connectivity index (χ4v) is 4.20. The van der Waals surface area contributed by atoms with Gasteiger partial charge in [0, 0.05) is 12.6 Å². The summed E-state index contributed by atoms with van der Waals surface area (Å²) in [7, 11) is 0. The van der Waals surface area contributed by atoms with Gasteiger partial charge < -0.3 is 5.32 Å². The summed E-state index contributed by atoms with van der Waals surface area (Å²) in [6.45, 7) is 0.154. The van der Waals surface area contributed by atoms with Crippen LogP contribution >= 0.6 is 0 Å². The van der Waals surface area contributed by atoms with Crippen LogP contribution in [0.2, 0.25) is 0 Å². The lowest BCUT2D eigenvalue weighted by Gasteiger charge is -2.37. The molecule has 4 rings (SSSR count). The van der Waals surface area contributed by atoms with Crippen molar-refractivity contribution >= 4 is 5.69 Å². The molecule has 0 saturated carbocycles. The summed E-state index contributed by atoms with van der Waals surface area (Å²) in [6.07, 6.45) is 3.13. The lowest BCUT2D eigenvalue weighted by atomic mass is 9.78. The average Bonchev–Trinajstić information content (AvgIpc) is 3.13. The number of anilines is 1. The molecule has 0 amide bonds. The zero-order chi connectivity index (χ0) is 24.7. The lowest BCUT2D eigenvalue weighted by Crippen LogP contribution is -2.48. The zero-order valence-electron chi connectivity index (χ0n) is 18.9. The van der Waals surface area contributed by atoms with E-state index >= 15 is 0 Å². The number of hydrogen-bond acceptors (Lipinski definition) is 3. The summed E-state index contributed by atoms with van der Waals surface area (Å²) >= 11 is 0. The Kier molecular flexibility index (Phi) is 7.46. The third-order valence-electron chi connectivity index (χ3n) is 5.95. The molecule has 35 heavy (non-hydrogen) atoms. The number of para-hydroxylation sites is 1. The fraction of sp³-hybridized carbons (Fsp3) is 0.179. The van der Waals surface area contributed by atoms with E-state index < -0.39 is 23.1 Å². The molecule has 3 aromatic rings. The third kappa shape index (κ3) is 5.87. The number of aromatic nitrogens is 1. The number of nitrogens with zero attached hydrogens (tertiary/aromatic N) is 1. The number of pyridine rings is 1. The Morgan fingerprint density at radius 1 is 0.886 bits per heavy atom. The van der Waals surface area contributed by atoms with Gasteiger partial charge in [0.05, 0.1) is 29.2 Å². The van der Waals surface area contributed by atoms with Gasteiger partial charge in [0.2, 0.25) is 0 Å². The molecular formula is C28H25F4N3. The molecule has 7 heteroatoms. The van der Waals surface area contributed by atoms with Crippen molar-refractivity contribution in [1.29, 1.82) is 0 Å². The first kappa shape index (κ1) is 24.4. The van der Waals surface area contributed by atoms with Gasteiger partial charge in [-0.15, -0.1) is 0 Å². The number of rotatable bonds is 8. The van der Waals surface area contributed by atoms with E-state index in [-0.39, 0.29) is 13.1 Å². The minimum Gasteiger partial charge on any atom is -0.370 e. The minimum absolute atomic E-state index is 0.0674. The van der Waals surface area contributed by atoms with E-state index in [1.807, 2.05) is 42.5 Å². The van der Waals surface area contributed by atoms with Crippen LogP contribution in [0.15, 0.2) is 114 Å². The Morgan fingerprint density at radius 3 is 2.34 bits per heavy atom. The highest BCUT2D eigenvalue weighted by molar-refractivity contribution is 5.45. The first-order valence-electron chi connectivity index (χ1n) is 11.2. The van der Waals surface area contributed by atoms with Crippen LogP contribution in [0.1, 0.15) is 17.7 Å². The molecule has 0 spiro atoms. The predicted molar refractivity (Wildman–Crippen MR) is 130 cm³/mol. The molecule has 0 bridgehead atoms. The van der Waals surface area contributed by atoms with Gasteiger partial charge in [-0.25, -0.2) is 4.39 Å². The van der Waals surface area contributed by atoms with E-state index in [9.17, 15) is 17.6 Å². The SMILES string of the molecule is Fc1ccccc1NCNC(Cc1ccccc1)(C1=CC=CC(C(F)(F)F)=CC1)c1ccccn1. The van der Waals surface area contributed by atoms with Gasteiger partial charge in [-0.05, 0) is 41.8 Å². The molecule has 1 atom stereocenters. The molecule has 1 aliphatic carbocycles. The van der Waals surface area contributed by atoms with Crippen LogP contribution in [0.5, 0.6) is 0 Å². The van der Waals surface area contributed by atoms with Crippen molar-refractivity contribution in [3.8, 4) is 0 Å². The number of alkyl halides is 3. The molecular weight excluding hydrogens is 454 g/mol. The molecule has 0 fully saturated rings. The Balaban J connectivity index is 1.75. The van der Waals surface area contributed by atoms with Gasteiger partial charge in [-0.2, -0.15) is 13.2 Å². The highest BCUT2D eigenvalue weighted by atomic mass is 19.4. The van der Waals surface area contributed by atoms with Crippen LogP contribution in [0, 0.1) is 5.82 Å². The van der Waals surface area contributed by atoms with E-state index in [2.05, 4.69) is 15.6 Å². The quantitative estimate of drug-likeness (QED) is 0.279. The maximum Gasteiger partial charge on any atom is 0.416 e. The first-order valence-corrected chi connectivity index (χ1v) is 11.2. The van der Waals surface area contributed by atoms with Gasteiger partial charge in [0.25, 0.3) is 0 Å². The second-order valence-electron chi connectivity index (χ2n) is 8.21. The van der Waals surface area contributed by atoms with Crippen LogP contribution in [-0.2, 0) is 12.0 Å². The minimum atomic E-state index is -4.44. The third-order valence-corrected chi connectivity index (χ3v) is 5.95. The highest BCUT2D eigenvalue weighted by Crippen LogP contribution is 2.37. The van der Waals surface area contributed by atoms with Crippen LogP contribution in [0.3, 0.4) is 0 Å². The number of hydrogen-bond donors (Lipinski definition) is 2. The number of benzene rings is 2. The Labute approximate surface area is 201 Å².